The number of nitrogens with zero attached hydrogens (tertiary/aromatic N) is 1. The minimum Gasteiger partial charge on any atom is -0.444 e. The molecule has 0 aromatic rings. The number of ether oxygens (including phenoxy) is 2. The van der Waals surface area contributed by atoms with Gasteiger partial charge in [0, 0.05) is 6.54 Å². The van der Waals surface area contributed by atoms with Crippen molar-refractivity contribution < 1.29 is 14.3 Å². The zero-order valence-electron chi connectivity index (χ0n) is 12.6. The van der Waals surface area contributed by atoms with Gasteiger partial charge in [-0.05, 0) is 32.6 Å². The van der Waals surface area contributed by atoms with E-state index in [0.29, 0.717) is 19.7 Å². The van der Waals surface area contributed by atoms with E-state index in [1.165, 1.54) is 0 Å². The van der Waals surface area contributed by atoms with Gasteiger partial charge in [-0.25, -0.2) is 4.79 Å². The summed E-state index contributed by atoms with van der Waals surface area (Å²) in [5.41, 5.74) is -0.226. The van der Waals surface area contributed by atoms with Crippen LogP contribution in [0.2, 0.25) is 0 Å². The van der Waals surface area contributed by atoms with E-state index in [0.717, 1.165) is 6.42 Å². The van der Waals surface area contributed by atoms with E-state index in [1.54, 1.807) is 4.90 Å². The van der Waals surface area contributed by atoms with Crippen LogP contribution in [0.4, 0.5) is 4.79 Å². The molecule has 1 aliphatic heterocycles. The van der Waals surface area contributed by atoms with Crippen LogP contribution in [0, 0.1) is 5.41 Å². The third-order valence-electron chi connectivity index (χ3n) is 2.63. The second kappa shape index (κ2) is 5.47. The first-order chi connectivity index (χ1) is 8.07. The standard InChI is InChI=1S/C14H27NO3/c1-13(2,3)9-11-10-15(7-8-17-11)12(16)18-14(4,5)6/h11H,7-10H2,1-6H3. The quantitative estimate of drug-likeness (QED) is 0.724. The van der Waals surface area contributed by atoms with Gasteiger partial charge < -0.3 is 14.4 Å². The van der Waals surface area contributed by atoms with Crippen molar-refractivity contribution in [3.05, 3.63) is 0 Å². The smallest absolute Gasteiger partial charge is 0.410 e. The predicted molar refractivity (Wildman–Crippen MR) is 71.6 cm³/mol. The molecule has 1 unspecified atom stereocenters. The summed E-state index contributed by atoms with van der Waals surface area (Å²) in [6.45, 7) is 14.1. The van der Waals surface area contributed by atoms with Gasteiger partial charge in [0.05, 0.1) is 19.3 Å². The SMILES string of the molecule is CC(C)(C)CC1CN(C(=O)OC(C)(C)C)CCO1. The first kappa shape index (κ1) is 15.3. The van der Waals surface area contributed by atoms with Crippen LogP contribution in [0.1, 0.15) is 48.0 Å². The molecule has 1 rings (SSSR count). The Balaban J connectivity index is 2.51. The predicted octanol–water partition coefficient (Wildman–Crippen LogP) is 3.06. The highest BCUT2D eigenvalue weighted by Gasteiger charge is 2.30. The molecule has 1 aliphatic rings. The van der Waals surface area contributed by atoms with Gasteiger partial charge in [0.15, 0.2) is 0 Å². The van der Waals surface area contributed by atoms with Crippen molar-refractivity contribution in [2.24, 2.45) is 5.41 Å². The third-order valence-corrected chi connectivity index (χ3v) is 2.63. The maximum atomic E-state index is 12.0. The molecule has 0 radical (unpaired) electrons. The van der Waals surface area contributed by atoms with E-state index in [4.69, 9.17) is 9.47 Å². The largest absolute Gasteiger partial charge is 0.444 e. The fourth-order valence-electron chi connectivity index (χ4n) is 2.02. The van der Waals surface area contributed by atoms with E-state index < -0.39 is 5.60 Å². The molecule has 0 N–H and O–H groups in total. The maximum absolute atomic E-state index is 12.0. The average Bonchev–Trinajstić information content (AvgIpc) is 2.12. The van der Waals surface area contributed by atoms with Crippen molar-refractivity contribution in [2.45, 2.75) is 59.7 Å². The van der Waals surface area contributed by atoms with Crippen LogP contribution >= 0.6 is 0 Å². The lowest BCUT2D eigenvalue weighted by atomic mass is 9.89. The molecule has 18 heavy (non-hydrogen) atoms. The number of hydrogen-bond acceptors (Lipinski definition) is 3. The highest BCUT2D eigenvalue weighted by atomic mass is 16.6. The second-order valence-corrected chi connectivity index (χ2v) is 7.18. The molecular weight excluding hydrogens is 230 g/mol. The van der Waals surface area contributed by atoms with Crippen LogP contribution in [0.5, 0.6) is 0 Å². The Morgan fingerprint density at radius 1 is 1.28 bits per heavy atom. The van der Waals surface area contributed by atoms with Gasteiger partial charge in [-0.15, -0.1) is 0 Å². The molecule has 0 spiro atoms. The molecule has 0 bridgehead atoms. The number of amides is 1. The zero-order valence-corrected chi connectivity index (χ0v) is 12.6. The Morgan fingerprint density at radius 3 is 2.39 bits per heavy atom. The van der Waals surface area contributed by atoms with Crippen molar-refractivity contribution in [2.75, 3.05) is 19.7 Å². The van der Waals surface area contributed by atoms with Gasteiger partial charge in [-0.3, -0.25) is 0 Å². The lowest BCUT2D eigenvalue weighted by Gasteiger charge is -2.36. The highest BCUT2D eigenvalue weighted by Crippen LogP contribution is 2.24. The molecule has 1 heterocycles. The summed E-state index contributed by atoms with van der Waals surface area (Å²) in [4.78, 5) is 13.7. The fraction of sp³-hybridized carbons (Fsp3) is 0.929. The maximum Gasteiger partial charge on any atom is 0.410 e. The third kappa shape index (κ3) is 5.71. The van der Waals surface area contributed by atoms with Crippen LogP contribution in [-0.2, 0) is 9.47 Å². The summed E-state index contributed by atoms with van der Waals surface area (Å²) in [5.74, 6) is 0. The summed E-state index contributed by atoms with van der Waals surface area (Å²) in [6, 6.07) is 0. The molecule has 1 fully saturated rings. The van der Waals surface area contributed by atoms with Gasteiger partial charge in [-0.2, -0.15) is 0 Å². The van der Waals surface area contributed by atoms with E-state index in [-0.39, 0.29) is 17.6 Å². The number of carbonyl (C=O) groups excluding carboxylic acids is 1. The minimum absolute atomic E-state index is 0.117. The molecular formula is C14H27NO3. The van der Waals surface area contributed by atoms with Crippen LogP contribution in [-0.4, -0.2) is 42.4 Å². The minimum atomic E-state index is -0.436. The van der Waals surface area contributed by atoms with Crippen molar-refractivity contribution in [1.29, 1.82) is 0 Å². The normalized spacial score (nSPS) is 21.9. The monoisotopic (exact) mass is 257 g/mol. The van der Waals surface area contributed by atoms with Gasteiger partial charge >= 0.3 is 6.09 Å². The molecule has 1 amide bonds. The molecule has 0 aliphatic carbocycles. The number of carbonyl (C=O) groups is 1. The van der Waals surface area contributed by atoms with E-state index in [2.05, 4.69) is 20.8 Å². The summed E-state index contributed by atoms with van der Waals surface area (Å²) in [7, 11) is 0. The summed E-state index contributed by atoms with van der Waals surface area (Å²) in [5, 5.41) is 0. The van der Waals surface area contributed by atoms with Crippen LogP contribution in [0.15, 0.2) is 0 Å². The van der Waals surface area contributed by atoms with Gasteiger partial charge in [0.1, 0.15) is 5.60 Å². The van der Waals surface area contributed by atoms with E-state index in [1.807, 2.05) is 20.8 Å². The lowest BCUT2D eigenvalue weighted by Crippen LogP contribution is -2.48. The molecule has 1 saturated heterocycles. The van der Waals surface area contributed by atoms with Crippen LogP contribution < -0.4 is 0 Å². The lowest BCUT2D eigenvalue weighted by molar-refractivity contribution is -0.0541. The Labute approximate surface area is 111 Å². The molecule has 0 saturated carbocycles. The summed E-state index contributed by atoms with van der Waals surface area (Å²) < 4.78 is 11.1. The van der Waals surface area contributed by atoms with Gasteiger partial charge in [0.2, 0.25) is 0 Å². The topological polar surface area (TPSA) is 38.8 Å². The van der Waals surface area contributed by atoms with Gasteiger partial charge in [0.25, 0.3) is 0 Å². The van der Waals surface area contributed by atoms with Gasteiger partial charge in [-0.1, -0.05) is 20.8 Å². The highest BCUT2D eigenvalue weighted by molar-refractivity contribution is 5.68. The van der Waals surface area contributed by atoms with Crippen molar-refractivity contribution in [3.63, 3.8) is 0 Å². The molecule has 4 nitrogen and oxygen atoms in total. The molecule has 0 aromatic carbocycles. The Bertz CT molecular complexity index is 288. The number of rotatable bonds is 1. The number of morpholine rings is 1. The Morgan fingerprint density at radius 2 is 1.89 bits per heavy atom. The van der Waals surface area contributed by atoms with Crippen LogP contribution in [0.3, 0.4) is 0 Å². The molecule has 1 atom stereocenters. The fourth-order valence-corrected chi connectivity index (χ4v) is 2.02. The zero-order chi connectivity index (χ0) is 14.0. The van der Waals surface area contributed by atoms with Crippen LogP contribution in [0.25, 0.3) is 0 Å². The summed E-state index contributed by atoms with van der Waals surface area (Å²) in [6.07, 6.45) is 0.836. The second-order valence-electron chi connectivity index (χ2n) is 7.18. The van der Waals surface area contributed by atoms with E-state index >= 15 is 0 Å². The first-order valence-corrected chi connectivity index (χ1v) is 6.66. The molecule has 0 aromatic heterocycles. The molecule has 106 valence electrons. The first-order valence-electron chi connectivity index (χ1n) is 6.66. The summed E-state index contributed by atoms with van der Waals surface area (Å²) >= 11 is 0. The number of hydrogen-bond donors (Lipinski definition) is 0. The van der Waals surface area contributed by atoms with Crippen molar-refractivity contribution >= 4 is 6.09 Å². The van der Waals surface area contributed by atoms with Crippen molar-refractivity contribution in [3.8, 4) is 0 Å². The molecule has 4 heteroatoms. The van der Waals surface area contributed by atoms with E-state index in [9.17, 15) is 4.79 Å². The Kier molecular flexibility index (Phi) is 4.65. The Hall–Kier alpha value is -0.770. The van der Waals surface area contributed by atoms with Crippen molar-refractivity contribution in [1.82, 2.24) is 4.90 Å². The average molecular weight is 257 g/mol.